The molecule has 0 bridgehead atoms. The van der Waals surface area contributed by atoms with Crippen LogP contribution in [0.5, 0.6) is 5.75 Å². The summed E-state index contributed by atoms with van der Waals surface area (Å²) in [5.41, 5.74) is 7.37. The quantitative estimate of drug-likeness (QED) is 0.751. The number of ether oxygens (including phenoxy) is 3. The first-order valence-electron chi connectivity index (χ1n) is 10.1. The van der Waals surface area contributed by atoms with Gasteiger partial charge in [-0.05, 0) is 55.5 Å². The average Bonchev–Trinajstić information content (AvgIpc) is 3.10. The number of fused-ring (bicyclic) bond motifs is 4. The van der Waals surface area contributed by atoms with Crippen molar-refractivity contribution in [2.24, 2.45) is 16.6 Å². The third-order valence-corrected chi connectivity index (χ3v) is 7.05. The second kappa shape index (κ2) is 5.92. The van der Waals surface area contributed by atoms with Crippen LogP contribution in [0.3, 0.4) is 0 Å². The summed E-state index contributed by atoms with van der Waals surface area (Å²) in [7, 11) is 0. The number of aliphatic imine (C=N–C) groups is 1. The highest BCUT2D eigenvalue weighted by Gasteiger charge is 2.59. The first-order chi connectivity index (χ1) is 14.1. The molecule has 6 rings (SSSR count). The fourth-order valence-corrected chi connectivity index (χ4v) is 5.48. The second-order valence-corrected chi connectivity index (χ2v) is 8.50. The fourth-order valence-electron chi connectivity index (χ4n) is 5.48. The van der Waals surface area contributed by atoms with E-state index in [-0.39, 0.29) is 23.6 Å². The highest BCUT2D eigenvalue weighted by molar-refractivity contribution is 5.75. The lowest BCUT2D eigenvalue weighted by Crippen LogP contribution is -2.58. The predicted octanol–water partition coefficient (Wildman–Crippen LogP) is 3.15. The number of hydrogen-bond donors (Lipinski definition) is 1. The van der Waals surface area contributed by atoms with Gasteiger partial charge < -0.3 is 19.9 Å². The summed E-state index contributed by atoms with van der Waals surface area (Å²) >= 11 is 0. The zero-order valence-electron chi connectivity index (χ0n) is 15.9. The molecule has 0 amide bonds. The summed E-state index contributed by atoms with van der Waals surface area (Å²) in [6.07, 6.45) is 5.33. The molecule has 1 aliphatic carbocycles. The van der Waals surface area contributed by atoms with Crippen LogP contribution >= 0.6 is 0 Å². The van der Waals surface area contributed by atoms with E-state index >= 15 is 0 Å². The molecular formula is C22H22FN3O3. The Kier molecular flexibility index (Phi) is 3.51. The molecule has 2 spiro atoms. The molecule has 2 N–H and O–H groups in total. The first-order valence-corrected chi connectivity index (χ1v) is 10.1. The van der Waals surface area contributed by atoms with Gasteiger partial charge >= 0.3 is 0 Å². The molecule has 6 nitrogen and oxygen atoms in total. The van der Waals surface area contributed by atoms with Gasteiger partial charge in [0.2, 0.25) is 5.95 Å². The minimum absolute atomic E-state index is 0.0385. The molecule has 1 aromatic heterocycles. The van der Waals surface area contributed by atoms with Gasteiger partial charge in [-0.15, -0.1) is 0 Å². The molecule has 4 atom stereocenters. The third-order valence-electron chi connectivity index (χ3n) is 7.05. The average molecular weight is 395 g/mol. The molecular weight excluding hydrogens is 373 g/mol. The lowest BCUT2D eigenvalue weighted by molar-refractivity contribution is -0.197. The van der Waals surface area contributed by atoms with Gasteiger partial charge in [0.1, 0.15) is 24.0 Å². The van der Waals surface area contributed by atoms with Gasteiger partial charge in [-0.25, -0.2) is 9.98 Å². The lowest BCUT2D eigenvalue weighted by Gasteiger charge is -2.54. The van der Waals surface area contributed by atoms with Crippen LogP contribution in [0.4, 0.5) is 4.39 Å². The van der Waals surface area contributed by atoms with Gasteiger partial charge in [-0.2, -0.15) is 4.39 Å². The van der Waals surface area contributed by atoms with Gasteiger partial charge in [0, 0.05) is 23.2 Å². The largest absolute Gasteiger partial charge is 0.490 e. The lowest BCUT2D eigenvalue weighted by atomic mass is 9.62. The van der Waals surface area contributed by atoms with Crippen molar-refractivity contribution in [1.29, 1.82) is 0 Å². The van der Waals surface area contributed by atoms with Crippen molar-refractivity contribution in [3.8, 4) is 16.9 Å². The van der Waals surface area contributed by atoms with Crippen molar-refractivity contribution in [2.45, 2.75) is 42.9 Å². The fraction of sp³-hybridized carbons (Fsp3) is 0.455. The van der Waals surface area contributed by atoms with Crippen LogP contribution < -0.4 is 10.5 Å². The number of rotatable bonds is 1. The summed E-state index contributed by atoms with van der Waals surface area (Å²) < 4.78 is 32.4. The minimum atomic E-state index is -0.636. The van der Waals surface area contributed by atoms with Crippen molar-refractivity contribution < 1.29 is 18.6 Å². The van der Waals surface area contributed by atoms with E-state index in [1.807, 2.05) is 18.2 Å². The third kappa shape index (κ3) is 2.43. The smallest absolute Gasteiger partial charge is 0.283 e. The molecule has 1 saturated carbocycles. The molecule has 2 fully saturated rings. The van der Waals surface area contributed by atoms with Crippen molar-refractivity contribution in [1.82, 2.24) is 4.98 Å². The van der Waals surface area contributed by atoms with Gasteiger partial charge in [0.15, 0.2) is 0 Å². The summed E-state index contributed by atoms with van der Waals surface area (Å²) in [6.45, 7) is 1.18. The van der Waals surface area contributed by atoms with E-state index in [0.29, 0.717) is 12.2 Å². The van der Waals surface area contributed by atoms with E-state index in [1.54, 1.807) is 12.1 Å². The van der Waals surface area contributed by atoms with Crippen molar-refractivity contribution in [2.75, 3.05) is 13.2 Å². The van der Waals surface area contributed by atoms with Crippen molar-refractivity contribution in [3.05, 3.63) is 48.0 Å². The Labute approximate surface area is 167 Å². The van der Waals surface area contributed by atoms with Crippen LogP contribution in [-0.4, -0.2) is 35.9 Å². The van der Waals surface area contributed by atoms with Crippen LogP contribution in [0.2, 0.25) is 0 Å². The van der Waals surface area contributed by atoms with Crippen LogP contribution in [0.1, 0.15) is 31.2 Å². The Hall–Kier alpha value is -2.67. The summed E-state index contributed by atoms with van der Waals surface area (Å²) in [5.74, 6) is 0.368. The maximum atomic E-state index is 14.3. The van der Waals surface area contributed by atoms with E-state index in [0.717, 1.165) is 49.2 Å². The zero-order chi connectivity index (χ0) is 19.6. The highest BCUT2D eigenvalue weighted by Crippen LogP contribution is 2.56. The number of benzene rings is 1. The maximum Gasteiger partial charge on any atom is 0.283 e. The summed E-state index contributed by atoms with van der Waals surface area (Å²) in [6, 6.07) is 9.39. The van der Waals surface area contributed by atoms with Crippen LogP contribution in [-0.2, 0) is 15.0 Å². The van der Waals surface area contributed by atoms with Gasteiger partial charge in [-0.3, -0.25) is 0 Å². The van der Waals surface area contributed by atoms with E-state index in [9.17, 15) is 4.39 Å². The normalized spacial score (nSPS) is 34.6. The molecule has 7 heteroatoms. The number of pyridine rings is 1. The SMILES string of the molecule is NC1=NC2(CO1)c1cc(-c3cccnc3F)ccc1OC1CCC3(CCO3)C[C@@H]12. The molecule has 150 valence electrons. The van der Waals surface area contributed by atoms with Crippen molar-refractivity contribution >= 4 is 6.02 Å². The molecule has 2 aromatic rings. The maximum absolute atomic E-state index is 14.3. The number of aromatic nitrogens is 1. The van der Waals surface area contributed by atoms with Crippen LogP contribution in [0, 0.1) is 11.9 Å². The van der Waals surface area contributed by atoms with Crippen LogP contribution in [0.15, 0.2) is 41.5 Å². The second-order valence-electron chi connectivity index (χ2n) is 8.50. The zero-order valence-corrected chi connectivity index (χ0v) is 15.9. The first kappa shape index (κ1) is 17.2. The number of amidine groups is 1. The molecule has 29 heavy (non-hydrogen) atoms. The van der Waals surface area contributed by atoms with Gasteiger partial charge in [-0.1, -0.05) is 6.07 Å². The number of nitrogens with two attached hydrogens (primary N) is 1. The van der Waals surface area contributed by atoms with E-state index in [4.69, 9.17) is 24.9 Å². The molecule has 3 unspecified atom stereocenters. The number of nitrogens with zero attached hydrogens (tertiary/aromatic N) is 2. The van der Waals surface area contributed by atoms with E-state index < -0.39 is 11.5 Å². The number of halogens is 1. The molecule has 1 saturated heterocycles. The molecule has 1 aromatic carbocycles. The Morgan fingerprint density at radius 1 is 1.21 bits per heavy atom. The Balaban J connectivity index is 1.50. The standard InChI is InChI=1S/C22H22FN3O3/c23-19-14(2-1-8-25-19)13-3-4-17-15(10-13)22(12-27-20(24)26-22)16-11-21(7-9-28-21)6-5-18(16)29-17/h1-4,8,10,16,18H,5-7,9,11-12H2,(H2,24,26)/t16-,18?,21?,22?/m0/s1. The predicted molar refractivity (Wildman–Crippen MR) is 104 cm³/mol. The Morgan fingerprint density at radius 2 is 2.10 bits per heavy atom. The minimum Gasteiger partial charge on any atom is -0.490 e. The Bertz CT molecular complexity index is 1020. The van der Waals surface area contributed by atoms with E-state index in [1.165, 1.54) is 6.20 Å². The van der Waals surface area contributed by atoms with Gasteiger partial charge in [0.05, 0.1) is 12.2 Å². The van der Waals surface area contributed by atoms with Crippen molar-refractivity contribution in [3.63, 3.8) is 0 Å². The molecule has 4 aliphatic rings. The molecule has 3 aliphatic heterocycles. The van der Waals surface area contributed by atoms with Crippen LogP contribution in [0.25, 0.3) is 11.1 Å². The molecule has 0 radical (unpaired) electrons. The number of hydrogen-bond acceptors (Lipinski definition) is 6. The molecule has 4 heterocycles. The topological polar surface area (TPSA) is 79.0 Å². The Morgan fingerprint density at radius 3 is 2.83 bits per heavy atom. The summed E-state index contributed by atoms with van der Waals surface area (Å²) in [4.78, 5) is 8.60. The highest BCUT2D eigenvalue weighted by atomic mass is 19.1. The monoisotopic (exact) mass is 395 g/mol. The van der Waals surface area contributed by atoms with Gasteiger partial charge in [0.25, 0.3) is 6.02 Å². The van der Waals surface area contributed by atoms with E-state index in [2.05, 4.69) is 4.98 Å². The summed E-state index contributed by atoms with van der Waals surface area (Å²) in [5, 5.41) is 0.